The Morgan fingerprint density at radius 2 is 1.91 bits per heavy atom. The van der Waals surface area contributed by atoms with E-state index >= 15 is 0 Å². The molecule has 0 unspecified atom stereocenters. The Balaban J connectivity index is 1.89. The van der Waals surface area contributed by atoms with Gasteiger partial charge >= 0.3 is 0 Å². The third kappa shape index (κ3) is 3.48. The predicted molar refractivity (Wildman–Crippen MR) is 93.0 cm³/mol. The fourth-order valence-corrected chi connectivity index (χ4v) is 3.92. The molecule has 0 spiro atoms. The molecule has 0 amide bonds. The lowest BCUT2D eigenvalue weighted by molar-refractivity contribution is 0.414. The highest BCUT2D eigenvalue weighted by molar-refractivity contribution is 7.89. The molecule has 3 aromatic rings. The highest BCUT2D eigenvalue weighted by Crippen LogP contribution is 2.22. The summed E-state index contributed by atoms with van der Waals surface area (Å²) in [5.74, 6) is -0.00405. The van der Waals surface area contributed by atoms with Crippen LogP contribution in [0.3, 0.4) is 0 Å². The second-order valence-electron chi connectivity index (χ2n) is 6.02. The van der Waals surface area contributed by atoms with Gasteiger partial charge in [-0.25, -0.2) is 8.42 Å². The molecule has 2 aromatic heterocycles. The first-order chi connectivity index (χ1) is 11.0. The largest absolute Gasteiger partial charge is 0.361 e. The molecule has 3 rings (SSSR count). The zero-order valence-corrected chi connectivity index (χ0v) is 14.2. The summed E-state index contributed by atoms with van der Waals surface area (Å²) in [6, 6.07) is 9.24. The topological polar surface area (TPSA) is 58.1 Å². The first kappa shape index (κ1) is 15.8. The van der Waals surface area contributed by atoms with Gasteiger partial charge in [0.25, 0.3) is 0 Å². The summed E-state index contributed by atoms with van der Waals surface area (Å²) >= 11 is 0. The summed E-state index contributed by atoms with van der Waals surface area (Å²) in [5, 5.41) is 1.10. The molecule has 23 heavy (non-hydrogen) atoms. The Morgan fingerprint density at radius 1 is 1.17 bits per heavy atom. The van der Waals surface area contributed by atoms with Gasteiger partial charge in [0.1, 0.15) is 0 Å². The highest BCUT2D eigenvalue weighted by atomic mass is 32.2. The fourth-order valence-electron chi connectivity index (χ4n) is 2.66. The minimum atomic E-state index is -3.36. The Hall–Kier alpha value is -2.05. The molecule has 6 heteroatoms. The van der Waals surface area contributed by atoms with E-state index < -0.39 is 10.0 Å². The van der Waals surface area contributed by atoms with Crippen LogP contribution in [-0.4, -0.2) is 42.9 Å². The normalized spacial score (nSPS) is 12.3. The SMILES string of the molecule is CN(C)CCc1c[nH]c2ccc(CS(=O)(=O)n3cccc3)cc12. The number of likely N-dealkylation sites (N-methyl/N-ethyl adjacent to an activating group) is 1. The number of fused-ring (bicyclic) bond motifs is 1. The molecule has 2 heterocycles. The third-order valence-corrected chi connectivity index (χ3v) is 5.49. The van der Waals surface area contributed by atoms with Gasteiger partial charge in [0, 0.05) is 36.0 Å². The third-order valence-electron chi connectivity index (χ3n) is 3.91. The lowest BCUT2D eigenvalue weighted by Gasteiger charge is -2.09. The summed E-state index contributed by atoms with van der Waals surface area (Å²) < 4.78 is 26.0. The number of benzene rings is 1. The molecule has 0 bridgehead atoms. The minimum Gasteiger partial charge on any atom is -0.361 e. The molecule has 0 aliphatic rings. The van der Waals surface area contributed by atoms with E-state index in [0.29, 0.717) is 0 Å². The van der Waals surface area contributed by atoms with Crippen LogP contribution in [0, 0.1) is 0 Å². The monoisotopic (exact) mass is 331 g/mol. The van der Waals surface area contributed by atoms with Gasteiger partial charge in [-0.1, -0.05) is 6.07 Å². The second kappa shape index (κ2) is 6.22. The summed E-state index contributed by atoms with van der Waals surface area (Å²) in [5.41, 5.74) is 3.06. The number of nitrogens with one attached hydrogen (secondary N) is 1. The van der Waals surface area contributed by atoms with Crippen molar-refractivity contribution in [3.63, 3.8) is 0 Å². The van der Waals surface area contributed by atoms with Crippen molar-refractivity contribution < 1.29 is 8.42 Å². The molecule has 0 atom stereocenters. The molecular formula is C17H21N3O2S. The number of hydrogen-bond donors (Lipinski definition) is 1. The highest BCUT2D eigenvalue weighted by Gasteiger charge is 2.14. The number of nitrogens with zero attached hydrogens (tertiary/aromatic N) is 2. The first-order valence-electron chi connectivity index (χ1n) is 7.55. The zero-order valence-electron chi connectivity index (χ0n) is 13.4. The van der Waals surface area contributed by atoms with Gasteiger partial charge in [0.05, 0.1) is 5.75 Å². The van der Waals surface area contributed by atoms with Crippen LogP contribution in [0.4, 0.5) is 0 Å². The molecule has 122 valence electrons. The van der Waals surface area contributed by atoms with Crippen molar-refractivity contribution in [1.82, 2.24) is 13.9 Å². The standard InChI is InChI=1S/C17H21N3O2S/c1-19(2)10-7-15-12-18-17-6-5-14(11-16(15)17)13-23(21,22)20-8-3-4-9-20/h3-6,8-9,11-12,18H,7,10,13H2,1-2H3. The minimum absolute atomic E-state index is 0.00405. The van der Waals surface area contributed by atoms with E-state index in [-0.39, 0.29) is 5.75 Å². The maximum absolute atomic E-state index is 12.4. The van der Waals surface area contributed by atoms with Crippen LogP contribution in [-0.2, 0) is 22.2 Å². The lowest BCUT2D eigenvalue weighted by atomic mass is 10.1. The maximum atomic E-state index is 12.4. The van der Waals surface area contributed by atoms with E-state index in [1.165, 1.54) is 9.54 Å². The molecule has 0 aliphatic carbocycles. The van der Waals surface area contributed by atoms with Gasteiger partial charge < -0.3 is 9.88 Å². The number of H-pyrrole nitrogens is 1. The van der Waals surface area contributed by atoms with Gasteiger partial charge in [-0.3, -0.25) is 3.97 Å². The van der Waals surface area contributed by atoms with Crippen molar-refractivity contribution in [3.05, 3.63) is 60.0 Å². The lowest BCUT2D eigenvalue weighted by Crippen LogP contribution is -2.15. The molecule has 0 saturated carbocycles. The van der Waals surface area contributed by atoms with Crippen LogP contribution in [0.5, 0.6) is 0 Å². The van der Waals surface area contributed by atoms with Crippen molar-refractivity contribution in [2.75, 3.05) is 20.6 Å². The van der Waals surface area contributed by atoms with Crippen LogP contribution in [0.15, 0.2) is 48.9 Å². The smallest absolute Gasteiger partial charge is 0.242 e. The predicted octanol–water partition coefficient (Wildman–Crippen LogP) is 2.45. The van der Waals surface area contributed by atoms with Gasteiger partial charge in [0.2, 0.25) is 10.0 Å². The molecule has 5 nitrogen and oxygen atoms in total. The number of aromatic amines is 1. The average Bonchev–Trinajstić information content (AvgIpc) is 3.14. The van der Waals surface area contributed by atoms with Crippen LogP contribution in [0.25, 0.3) is 10.9 Å². The molecule has 0 aliphatic heterocycles. The van der Waals surface area contributed by atoms with Crippen molar-refractivity contribution >= 4 is 20.9 Å². The molecule has 0 saturated heterocycles. The van der Waals surface area contributed by atoms with E-state index in [1.54, 1.807) is 24.5 Å². The van der Waals surface area contributed by atoms with E-state index in [4.69, 9.17) is 0 Å². The van der Waals surface area contributed by atoms with Crippen molar-refractivity contribution in [2.45, 2.75) is 12.2 Å². The van der Waals surface area contributed by atoms with Crippen LogP contribution in [0.2, 0.25) is 0 Å². The van der Waals surface area contributed by atoms with E-state index in [1.807, 2.05) is 38.5 Å². The quantitative estimate of drug-likeness (QED) is 0.755. The number of hydrogen-bond acceptors (Lipinski definition) is 3. The van der Waals surface area contributed by atoms with Crippen LogP contribution < -0.4 is 0 Å². The van der Waals surface area contributed by atoms with Crippen molar-refractivity contribution in [1.29, 1.82) is 0 Å². The maximum Gasteiger partial charge on any atom is 0.242 e. The molecule has 0 radical (unpaired) electrons. The fraction of sp³-hybridized carbons (Fsp3) is 0.294. The van der Waals surface area contributed by atoms with Gasteiger partial charge in [-0.05, 0) is 55.9 Å². The Morgan fingerprint density at radius 3 is 2.61 bits per heavy atom. The van der Waals surface area contributed by atoms with E-state index in [0.717, 1.165) is 29.4 Å². The summed E-state index contributed by atoms with van der Waals surface area (Å²) in [6.07, 6.45) is 6.07. The summed E-state index contributed by atoms with van der Waals surface area (Å²) in [7, 11) is 0.729. The second-order valence-corrected chi connectivity index (χ2v) is 7.89. The Labute approximate surface area is 136 Å². The molecule has 1 aromatic carbocycles. The van der Waals surface area contributed by atoms with Gasteiger partial charge in [-0.2, -0.15) is 0 Å². The van der Waals surface area contributed by atoms with Crippen LogP contribution in [0.1, 0.15) is 11.1 Å². The Bertz CT molecular complexity index is 893. The zero-order chi connectivity index (χ0) is 16.4. The van der Waals surface area contributed by atoms with Gasteiger partial charge in [-0.15, -0.1) is 0 Å². The van der Waals surface area contributed by atoms with Crippen molar-refractivity contribution in [2.24, 2.45) is 0 Å². The molecule has 1 N–H and O–H groups in total. The summed E-state index contributed by atoms with van der Waals surface area (Å²) in [4.78, 5) is 5.39. The van der Waals surface area contributed by atoms with Crippen LogP contribution >= 0.6 is 0 Å². The Kier molecular flexibility index (Phi) is 4.28. The van der Waals surface area contributed by atoms with E-state index in [2.05, 4.69) is 9.88 Å². The first-order valence-corrected chi connectivity index (χ1v) is 9.16. The van der Waals surface area contributed by atoms with E-state index in [9.17, 15) is 8.42 Å². The summed E-state index contributed by atoms with van der Waals surface area (Å²) in [6.45, 7) is 0.957. The van der Waals surface area contributed by atoms with Gasteiger partial charge in [0.15, 0.2) is 0 Å². The number of rotatable bonds is 6. The molecule has 0 fully saturated rings. The molecular weight excluding hydrogens is 310 g/mol. The van der Waals surface area contributed by atoms with Crippen molar-refractivity contribution in [3.8, 4) is 0 Å². The number of aromatic nitrogens is 2. The average molecular weight is 331 g/mol.